The van der Waals surface area contributed by atoms with Crippen LogP contribution in [-0.2, 0) is 4.79 Å². The van der Waals surface area contributed by atoms with Crippen molar-refractivity contribution in [3.05, 3.63) is 0 Å². The van der Waals surface area contributed by atoms with Gasteiger partial charge in [-0.25, -0.2) is 4.79 Å². The van der Waals surface area contributed by atoms with E-state index in [9.17, 15) is 9.59 Å². The van der Waals surface area contributed by atoms with Gasteiger partial charge in [-0.05, 0) is 32.1 Å². The van der Waals surface area contributed by atoms with Gasteiger partial charge in [0.15, 0.2) is 0 Å². The molecule has 2 amide bonds. The Hall–Kier alpha value is -1.30. The Labute approximate surface area is 113 Å². The molecule has 1 fully saturated rings. The number of amides is 2. The molecule has 1 aliphatic heterocycles. The molecule has 1 aliphatic rings. The number of piperidine rings is 1. The van der Waals surface area contributed by atoms with Gasteiger partial charge in [0.1, 0.15) is 0 Å². The Morgan fingerprint density at radius 1 is 1.47 bits per heavy atom. The Kier molecular flexibility index (Phi) is 5.60. The second-order valence-corrected chi connectivity index (χ2v) is 5.51. The normalized spacial score (nSPS) is 22.7. The average Bonchev–Trinajstić information content (AvgIpc) is 2.44. The van der Waals surface area contributed by atoms with Crippen LogP contribution >= 0.6 is 0 Å². The topological polar surface area (TPSA) is 89.9 Å². The maximum Gasteiger partial charge on any atom is 0.317 e. The lowest BCUT2D eigenvalue weighted by Crippen LogP contribution is -2.49. The molecule has 1 saturated heterocycles. The standard InChI is InChI=1S/C13H24N2O4/c1-3-13(2,11(17)18)9-14-12(19)15-6-4-5-10(7-15)8-16/h10,16H,3-9H2,1-2H3,(H,14,19)(H,17,18). The molecular weight excluding hydrogens is 248 g/mol. The molecule has 0 bridgehead atoms. The highest BCUT2D eigenvalue weighted by Crippen LogP contribution is 2.20. The molecule has 6 nitrogen and oxygen atoms in total. The number of hydrogen-bond donors (Lipinski definition) is 3. The molecule has 0 radical (unpaired) electrons. The van der Waals surface area contributed by atoms with Crippen molar-refractivity contribution in [3.63, 3.8) is 0 Å². The Morgan fingerprint density at radius 2 is 2.16 bits per heavy atom. The van der Waals surface area contributed by atoms with Crippen LogP contribution in [0.2, 0.25) is 0 Å². The van der Waals surface area contributed by atoms with Crippen molar-refractivity contribution >= 4 is 12.0 Å². The van der Waals surface area contributed by atoms with Gasteiger partial charge in [-0.2, -0.15) is 0 Å². The Bertz CT molecular complexity index is 335. The van der Waals surface area contributed by atoms with Crippen molar-refractivity contribution in [1.82, 2.24) is 10.2 Å². The summed E-state index contributed by atoms with van der Waals surface area (Å²) in [4.78, 5) is 24.8. The average molecular weight is 272 g/mol. The molecule has 1 heterocycles. The van der Waals surface area contributed by atoms with Crippen LogP contribution in [0.3, 0.4) is 0 Å². The van der Waals surface area contributed by atoms with Crippen molar-refractivity contribution in [2.75, 3.05) is 26.2 Å². The van der Waals surface area contributed by atoms with Gasteiger partial charge in [0.25, 0.3) is 0 Å². The van der Waals surface area contributed by atoms with Gasteiger partial charge in [0.2, 0.25) is 0 Å². The maximum absolute atomic E-state index is 12.0. The molecule has 0 aliphatic carbocycles. The smallest absolute Gasteiger partial charge is 0.317 e. The maximum atomic E-state index is 12.0. The number of carbonyl (C=O) groups excluding carboxylic acids is 1. The molecule has 6 heteroatoms. The van der Waals surface area contributed by atoms with Crippen LogP contribution in [0.1, 0.15) is 33.1 Å². The molecule has 19 heavy (non-hydrogen) atoms. The van der Waals surface area contributed by atoms with Crippen LogP contribution in [-0.4, -0.2) is 53.4 Å². The lowest BCUT2D eigenvalue weighted by molar-refractivity contribution is -0.147. The van der Waals surface area contributed by atoms with E-state index in [-0.39, 0.29) is 25.1 Å². The first-order valence-electron chi connectivity index (χ1n) is 6.80. The monoisotopic (exact) mass is 272 g/mol. The summed E-state index contributed by atoms with van der Waals surface area (Å²) in [6, 6.07) is -0.237. The summed E-state index contributed by atoms with van der Waals surface area (Å²) >= 11 is 0. The fourth-order valence-electron chi connectivity index (χ4n) is 2.13. The zero-order valence-electron chi connectivity index (χ0n) is 11.7. The third kappa shape index (κ3) is 4.09. The predicted octanol–water partition coefficient (Wildman–Crippen LogP) is 0.901. The lowest BCUT2D eigenvalue weighted by atomic mass is 9.88. The van der Waals surface area contributed by atoms with Gasteiger partial charge in [0, 0.05) is 26.2 Å². The summed E-state index contributed by atoms with van der Waals surface area (Å²) in [5, 5.41) is 21.0. The zero-order chi connectivity index (χ0) is 14.5. The van der Waals surface area contributed by atoms with Crippen LogP contribution in [0.25, 0.3) is 0 Å². The van der Waals surface area contributed by atoms with E-state index in [0.717, 1.165) is 12.8 Å². The van der Waals surface area contributed by atoms with Gasteiger partial charge in [-0.3, -0.25) is 4.79 Å². The summed E-state index contributed by atoms with van der Waals surface area (Å²) in [5.74, 6) is -0.765. The molecule has 2 unspecified atom stereocenters. The van der Waals surface area contributed by atoms with Crippen molar-refractivity contribution in [3.8, 4) is 0 Å². The molecule has 3 N–H and O–H groups in total. The third-order valence-electron chi connectivity index (χ3n) is 3.99. The van der Waals surface area contributed by atoms with Crippen LogP contribution < -0.4 is 5.32 Å². The lowest BCUT2D eigenvalue weighted by Gasteiger charge is -2.33. The van der Waals surface area contributed by atoms with Crippen molar-refractivity contribution in [2.24, 2.45) is 11.3 Å². The number of aliphatic hydroxyl groups is 1. The van der Waals surface area contributed by atoms with E-state index >= 15 is 0 Å². The molecule has 0 spiro atoms. The minimum Gasteiger partial charge on any atom is -0.481 e. The van der Waals surface area contributed by atoms with Crippen LogP contribution in [0, 0.1) is 11.3 Å². The highest BCUT2D eigenvalue weighted by molar-refractivity contribution is 5.78. The first-order valence-corrected chi connectivity index (χ1v) is 6.80. The number of urea groups is 1. The summed E-state index contributed by atoms with van der Waals surface area (Å²) in [6.45, 7) is 4.84. The fourth-order valence-corrected chi connectivity index (χ4v) is 2.13. The minimum atomic E-state index is -0.929. The molecule has 2 atom stereocenters. The van der Waals surface area contributed by atoms with Gasteiger partial charge in [-0.15, -0.1) is 0 Å². The molecule has 0 aromatic carbocycles. The number of likely N-dealkylation sites (tertiary alicyclic amines) is 1. The number of rotatable bonds is 5. The van der Waals surface area contributed by atoms with Gasteiger partial charge in [0.05, 0.1) is 5.41 Å². The Morgan fingerprint density at radius 3 is 2.68 bits per heavy atom. The van der Waals surface area contributed by atoms with Gasteiger partial charge >= 0.3 is 12.0 Å². The highest BCUT2D eigenvalue weighted by Gasteiger charge is 2.32. The van der Waals surface area contributed by atoms with Gasteiger partial charge < -0.3 is 20.4 Å². The van der Waals surface area contributed by atoms with E-state index in [1.54, 1.807) is 18.7 Å². The minimum absolute atomic E-state index is 0.0889. The van der Waals surface area contributed by atoms with E-state index in [1.807, 2.05) is 0 Å². The summed E-state index contributed by atoms with van der Waals surface area (Å²) < 4.78 is 0. The predicted molar refractivity (Wildman–Crippen MR) is 70.8 cm³/mol. The van der Waals surface area contributed by atoms with E-state index in [1.165, 1.54) is 0 Å². The number of carboxylic acid groups (broad SMARTS) is 1. The van der Waals surface area contributed by atoms with Crippen LogP contribution in [0.4, 0.5) is 4.79 Å². The van der Waals surface area contributed by atoms with E-state index < -0.39 is 11.4 Å². The SMILES string of the molecule is CCC(C)(CNC(=O)N1CCCC(CO)C1)C(=O)O. The largest absolute Gasteiger partial charge is 0.481 e. The fraction of sp³-hybridized carbons (Fsp3) is 0.846. The van der Waals surface area contributed by atoms with Crippen LogP contribution in [0.15, 0.2) is 0 Å². The molecule has 0 saturated carbocycles. The summed E-state index contributed by atoms with van der Waals surface area (Å²) in [6.07, 6.45) is 2.27. The van der Waals surface area contributed by atoms with Gasteiger partial charge in [-0.1, -0.05) is 6.92 Å². The molecule has 1 rings (SSSR count). The molecular formula is C13H24N2O4. The number of aliphatic carboxylic acids is 1. The second-order valence-electron chi connectivity index (χ2n) is 5.51. The number of carbonyl (C=O) groups is 2. The number of carboxylic acids is 1. The highest BCUT2D eigenvalue weighted by atomic mass is 16.4. The molecule has 0 aromatic heterocycles. The van der Waals surface area contributed by atoms with Crippen molar-refractivity contribution in [1.29, 1.82) is 0 Å². The number of nitrogens with zero attached hydrogens (tertiary/aromatic N) is 1. The van der Waals surface area contributed by atoms with Crippen molar-refractivity contribution in [2.45, 2.75) is 33.1 Å². The van der Waals surface area contributed by atoms with Crippen molar-refractivity contribution < 1.29 is 19.8 Å². The molecule has 110 valence electrons. The second kappa shape index (κ2) is 6.75. The van der Waals surface area contributed by atoms with E-state index in [4.69, 9.17) is 10.2 Å². The summed E-state index contributed by atoms with van der Waals surface area (Å²) in [5.41, 5.74) is -0.929. The van der Waals surface area contributed by atoms with E-state index in [0.29, 0.717) is 19.5 Å². The quantitative estimate of drug-likeness (QED) is 0.693. The Balaban J connectivity index is 2.48. The zero-order valence-corrected chi connectivity index (χ0v) is 11.7. The number of hydrogen-bond acceptors (Lipinski definition) is 3. The van der Waals surface area contributed by atoms with Crippen LogP contribution in [0.5, 0.6) is 0 Å². The molecule has 0 aromatic rings. The van der Waals surface area contributed by atoms with E-state index in [2.05, 4.69) is 5.32 Å². The number of aliphatic hydroxyl groups excluding tert-OH is 1. The third-order valence-corrected chi connectivity index (χ3v) is 3.99. The first-order chi connectivity index (χ1) is 8.92. The summed E-state index contributed by atoms with van der Waals surface area (Å²) in [7, 11) is 0. The first kappa shape index (κ1) is 15.8. The number of nitrogens with one attached hydrogen (secondary N) is 1.